The predicted molar refractivity (Wildman–Crippen MR) is 70.3 cm³/mol. The van der Waals surface area contributed by atoms with Crippen LogP contribution in [0.3, 0.4) is 0 Å². The molecule has 0 bridgehead atoms. The van der Waals surface area contributed by atoms with Crippen molar-refractivity contribution in [2.45, 2.75) is 33.4 Å². The van der Waals surface area contributed by atoms with E-state index in [0.29, 0.717) is 0 Å². The van der Waals surface area contributed by atoms with E-state index in [2.05, 4.69) is 57.3 Å². The van der Waals surface area contributed by atoms with Gasteiger partial charge in [0, 0.05) is 0 Å². The van der Waals surface area contributed by atoms with Crippen molar-refractivity contribution < 1.29 is 20.4 Å². The average Bonchev–Trinajstić information content (AvgIpc) is 2.82. The first-order chi connectivity index (χ1) is 7.61. The fraction of sp³-hybridized carbons (Fsp3) is 0.429. The Morgan fingerprint density at radius 3 is 2.56 bits per heavy atom. The molecule has 1 atom stereocenters. The maximum absolute atomic E-state index is 2.53. The van der Waals surface area contributed by atoms with Crippen LogP contribution in [0.15, 0.2) is 42.5 Å². The molecule has 0 fully saturated rings. The molecular weight excluding hydrogens is 287 g/mol. The normalized spacial score (nSPS) is 23.0. The van der Waals surface area contributed by atoms with Gasteiger partial charge in [0.1, 0.15) is 0 Å². The van der Waals surface area contributed by atoms with Crippen molar-refractivity contribution in [2.75, 3.05) is 0 Å². The Hall–Kier alpha value is 0.0600. The fourth-order valence-electron chi connectivity index (χ4n) is 2.65. The Morgan fingerprint density at radius 1 is 1.38 bits per heavy atom. The van der Waals surface area contributed by atoms with Gasteiger partial charge in [0.25, 0.3) is 0 Å². The third-order valence-corrected chi connectivity index (χ3v) is 21.1. The summed E-state index contributed by atoms with van der Waals surface area (Å²) in [6, 6.07) is 0. The molecule has 84 valence electrons. The number of allylic oxidation sites excluding steroid dienone is 8. The molecule has 1 unspecified atom stereocenters. The van der Waals surface area contributed by atoms with Gasteiger partial charge in [-0.05, 0) is 0 Å². The zero-order chi connectivity index (χ0) is 11.7. The van der Waals surface area contributed by atoms with Crippen molar-refractivity contribution >= 4 is 5.43 Å². The number of hydrogen-bond acceptors (Lipinski definition) is 0. The van der Waals surface area contributed by atoms with Gasteiger partial charge in [-0.3, -0.25) is 0 Å². The molecule has 0 nitrogen and oxygen atoms in total. The standard InChI is InChI=1S/C7H9.C5H5.C2H6Si.Zr/c1-6-3-4-7(2)5-6;1-2-4-5-3-1;1-3-2;/h3-4,6H,1-2H3;1-3H,4H2;1-2H3;. The van der Waals surface area contributed by atoms with Gasteiger partial charge in [0.15, 0.2) is 0 Å². The minimum atomic E-state index is -1.46. The molecule has 16 heavy (non-hydrogen) atoms. The second kappa shape index (κ2) is 5.14. The van der Waals surface area contributed by atoms with Crippen LogP contribution in [0.2, 0.25) is 13.1 Å². The van der Waals surface area contributed by atoms with Gasteiger partial charge in [-0.1, -0.05) is 0 Å². The van der Waals surface area contributed by atoms with E-state index in [1.165, 1.54) is 6.42 Å². The van der Waals surface area contributed by atoms with E-state index in [1.54, 1.807) is 5.57 Å². The van der Waals surface area contributed by atoms with Crippen molar-refractivity contribution in [2.24, 2.45) is 5.92 Å². The van der Waals surface area contributed by atoms with E-state index in [1.807, 2.05) is 6.56 Å². The van der Waals surface area contributed by atoms with Gasteiger partial charge < -0.3 is 0 Å². The minimum absolute atomic E-state index is 0.113. The molecule has 0 aromatic carbocycles. The summed E-state index contributed by atoms with van der Waals surface area (Å²) >= 11 is -1.46. The third kappa shape index (κ3) is 2.33. The van der Waals surface area contributed by atoms with Crippen molar-refractivity contribution in [3.8, 4) is 0 Å². The van der Waals surface area contributed by atoms with E-state index in [0.717, 1.165) is 5.92 Å². The van der Waals surface area contributed by atoms with E-state index in [-0.39, 0.29) is 5.43 Å². The average molecular weight is 308 g/mol. The van der Waals surface area contributed by atoms with Gasteiger partial charge in [0.05, 0.1) is 0 Å². The first-order valence-electron chi connectivity index (χ1n) is 6.04. The Balaban J connectivity index is 2.44. The third-order valence-electron chi connectivity index (χ3n) is 3.38. The summed E-state index contributed by atoms with van der Waals surface area (Å²) in [5.74, 6) is 0.732. The van der Waals surface area contributed by atoms with Crippen molar-refractivity contribution in [1.82, 2.24) is 0 Å². The number of rotatable bonds is 2. The molecule has 0 saturated heterocycles. The predicted octanol–water partition coefficient (Wildman–Crippen LogP) is 4.18. The zero-order valence-electron chi connectivity index (χ0n) is 10.7. The summed E-state index contributed by atoms with van der Waals surface area (Å²) in [5.41, 5.74) is 1.48. The molecule has 0 saturated carbocycles. The van der Waals surface area contributed by atoms with Crippen LogP contribution in [-0.2, 0) is 20.4 Å². The first kappa shape index (κ1) is 12.5. The Morgan fingerprint density at radius 2 is 2.12 bits per heavy atom. The van der Waals surface area contributed by atoms with Crippen molar-refractivity contribution in [3.05, 3.63) is 42.5 Å². The number of hydrogen-bond donors (Lipinski definition) is 0. The molecular formula is C14H20SiZr. The van der Waals surface area contributed by atoms with Crippen molar-refractivity contribution in [1.29, 1.82) is 0 Å². The van der Waals surface area contributed by atoms with Crippen LogP contribution >= 0.6 is 0 Å². The molecule has 0 aromatic rings. The summed E-state index contributed by atoms with van der Waals surface area (Å²) < 4.78 is 3.72. The van der Waals surface area contributed by atoms with E-state index in [4.69, 9.17) is 0 Å². The molecule has 2 heteroatoms. The molecule has 0 aliphatic heterocycles. The van der Waals surface area contributed by atoms with Crippen LogP contribution in [0.4, 0.5) is 0 Å². The summed E-state index contributed by atoms with van der Waals surface area (Å²) in [6.45, 7) is 9.77. The van der Waals surface area contributed by atoms with E-state index < -0.39 is 20.4 Å². The quantitative estimate of drug-likeness (QED) is 0.671. The summed E-state index contributed by atoms with van der Waals surface area (Å²) in [7, 11) is 0. The van der Waals surface area contributed by atoms with E-state index >= 15 is 0 Å². The van der Waals surface area contributed by atoms with E-state index in [9.17, 15) is 0 Å². The summed E-state index contributed by atoms with van der Waals surface area (Å²) in [5, 5.41) is 0. The van der Waals surface area contributed by atoms with Gasteiger partial charge in [-0.15, -0.1) is 0 Å². The molecule has 0 N–H and O–H groups in total. The van der Waals surface area contributed by atoms with Gasteiger partial charge >= 0.3 is 108 Å². The Kier molecular flexibility index (Phi) is 4.02. The zero-order valence-corrected chi connectivity index (χ0v) is 14.1. The first-order valence-corrected chi connectivity index (χ1v) is 14.7. The monoisotopic (exact) mass is 306 g/mol. The summed E-state index contributed by atoms with van der Waals surface area (Å²) in [4.78, 5) is 0. The second-order valence-corrected chi connectivity index (χ2v) is 22.0. The molecule has 2 rings (SSSR count). The van der Waals surface area contributed by atoms with Crippen LogP contribution in [-0.4, -0.2) is 5.43 Å². The Labute approximate surface area is 107 Å². The molecule has 0 aromatic heterocycles. The van der Waals surface area contributed by atoms with Gasteiger partial charge in [-0.25, -0.2) is 0 Å². The van der Waals surface area contributed by atoms with Crippen LogP contribution in [0.5, 0.6) is 0 Å². The van der Waals surface area contributed by atoms with Crippen LogP contribution in [0, 0.1) is 5.92 Å². The van der Waals surface area contributed by atoms with Crippen LogP contribution in [0.1, 0.15) is 20.3 Å². The molecule has 0 spiro atoms. The van der Waals surface area contributed by atoms with Crippen LogP contribution in [0.25, 0.3) is 0 Å². The Bertz CT molecular complexity index is 457. The van der Waals surface area contributed by atoms with Crippen molar-refractivity contribution in [3.63, 3.8) is 0 Å². The molecule has 2 aliphatic carbocycles. The molecule has 2 aliphatic rings. The van der Waals surface area contributed by atoms with Crippen LogP contribution < -0.4 is 0 Å². The molecule has 0 heterocycles. The molecule has 0 radical (unpaired) electrons. The second-order valence-electron chi connectivity index (χ2n) is 4.94. The fourth-order valence-corrected chi connectivity index (χ4v) is 21.0. The topological polar surface area (TPSA) is 0 Å². The maximum atomic E-state index is 2.53. The summed E-state index contributed by atoms with van der Waals surface area (Å²) in [6.07, 6.45) is 13.0. The SMILES string of the molecule is CC1=[C]([Zr]([C]2=CC=CC2)=[Si](C)C)C(C)C=C1. The van der Waals surface area contributed by atoms with Gasteiger partial charge in [-0.2, -0.15) is 0 Å². The molecule has 0 amide bonds. The van der Waals surface area contributed by atoms with Gasteiger partial charge in [0.2, 0.25) is 0 Å².